The zero-order chi connectivity index (χ0) is 42.6. The average molecular weight is 834 g/mol. The molecule has 2 atom stereocenters. The van der Waals surface area contributed by atoms with Crippen LogP contribution in [0.2, 0.25) is 10.0 Å². The SMILES string of the molecule is CC(C)(C)c1cc(Cl)ccc1OCC1CCC(C(=O)Nc2ccc(C(=O)O)cc2)C1.CC(C)(C)c1cc(Cl)ccc1OCCCCC(=O)Nc1ccc(C(=O)O)cc1. The summed E-state index contributed by atoms with van der Waals surface area (Å²) >= 11 is 12.3. The van der Waals surface area contributed by atoms with E-state index in [4.69, 9.17) is 42.9 Å². The number of unbranched alkanes of at least 4 members (excludes halogenated alkanes) is 1. The summed E-state index contributed by atoms with van der Waals surface area (Å²) in [5.41, 5.74) is 3.57. The van der Waals surface area contributed by atoms with Crippen LogP contribution >= 0.6 is 23.2 Å². The molecule has 2 amide bonds. The first-order chi connectivity index (χ1) is 27.3. The van der Waals surface area contributed by atoms with E-state index in [-0.39, 0.29) is 39.7 Å². The normalized spacial score (nSPS) is 15.1. The Kier molecular flexibility index (Phi) is 16.2. The number of halogens is 2. The van der Waals surface area contributed by atoms with Gasteiger partial charge in [0, 0.05) is 44.9 Å². The van der Waals surface area contributed by atoms with Crippen LogP contribution in [0, 0.1) is 11.8 Å². The van der Waals surface area contributed by atoms with Crippen LogP contribution in [0.4, 0.5) is 11.4 Å². The molecule has 1 fully saturated rings. The molecule has 1 saturated carbocycles. The molecule has 4 aromatic carbocycles. The third-order valence-corrected chi connectivity index (χ3v) is 10.2. The molecule has 0 saturated heterocycles. The lowest BCUT2D eigenvalue weighted by molar-refractivity contribution is -0.120. The van der Waals surface area contributed by atoms with E-state index < -0.39 is 11.9 Å². The van der Waals surface area contributed by atoms with Crippen LogP contribution in [0.3, 0.4) is 0 Å². The van der Waals surface area contributed by atoms with Crippen molar-refractivity contribution in [3.05, 3.63) is 117 Å². The van der Waals surface area contributed by atoms with Crippen molar-refractivity contribution >= 4 is 58.3 Å². The van der Waals surface area contributed by atoms with Gasteiger partial charge >= 0.3 is 11.9 Å². The van der Waals surface area contributed by atoms with E-state index in [1.807, 2.05) is 36.4 Å². The minimum atomic E-state index is -0.992. The molecule has 0 heterocycles. The predicted molar refractivity (Wildman–Crippen MR) is 230 cm³/mol. The standard InChI is InChI=1S/C24H28ClNO4.C22H26ClNO4/c1-24(2,3)20-13-18(25)8-11-21(20)30-14-15-4-5-17(12-15)22(27)26-19-9-6-16(7-10-19)23(28)29;1-22(2,3)18-14-16(23)9-12-19(18)28-13-5-4-6-20(25)24-17-10-7-15(8-11-17)21(26)27/h6-11,13,15,17H,4-5,12,14H2,1-3H3,(H,26,27)(H,28,29);7-12,14H,4-6,13H2,1-3H3,(H,24,25)(H,26,27). The Labute approximate surface area is 351 Å². The van der Waals surface area contributed by atoms with Gasteiger partial charge in [-0.1, -0.05) is 64.7 Å². The van der Waals surface area contributed by atoms with E-state index in [1.54, 1.807) is 24.3 Å². The number of anilines is 2. The summed E-state index contributed by atoms with van der Waals surface area (Å²) in [6.45, 7) is 13.8. The number of carboxylic acid groups (broad SMARTS) is 2. The first kappa shape index (κ1) is 45.6. The Morgan fingerprint density at radius 2 is 1.14 bits per heavy atom. The summed E-state index contributed by atoms with van der Waals surface area (Å²) in [5.74, 6) is -0.190. The average Bonchev–Trinajstić information content (AvgIpc) is 3.64. The van der Waals surface area contributed by atoms with E-state index in [0.717, 1.165) is 48.3 Å². The molecule has 4 aromatic rings. The molecule has 10 nitrogen and oxygen atoms in total. The third kappa shape index (κ3) is 14.1. The maximum absolute atomic E-state index is 12.6. The van der Waals surface area contributed by atoms with E-state index in [2.05, 4.69) is 52.2 Å². The lowest BCUT2D eigenvalue weighted by Crippen LogP contribution is -2.21. The van der Waals surface area contributed by atoms with Crippen molar-refractivity contribution in [2.45, 2.75) is 90.9 Å². The summed E-state index contributed by atoms with van der Waals surface area (Å²) in [5, 5.41) is 24.9. The molecule has 0 radical (unpaired) electrons. The molecule has 2 unspecified atom stereocenters. The molecular weight excluding hydrogens is 779 g/mol. The smallest absolute Gasteiger partial charge is 0.335 e. The van der Waals surface area contributed by atoms with Gasteiger partial charge < -0.3 is 30.3 Å². The second-order valence-electron chi connectivity index (χ2n) is 16.6. The largest absolute Gasteiger partial charge is 0.493 e. The minimum Gasteiger partial charge on any atom is -0.493 e. The molecule has 0 spiro atoms. The molecule has 4 N–H and O–H groups in total. The number of hydrogen-bond donors (Lipinski definition) is 4. The number of aromatic carboxylic acids is 2. The Morgan fingerprint density at radius 3 is 1.62 bits per heavy atom. The molecule has 5 rings (SSSR count). The van der Waals surface area contributed by atoms with Crippen molar-refractivity contribution in [1.29, 1.82) is 0 Å². The maximum Gasteiger partial charge on any atom is 0.335 e. The number of carbonyl (C=O) groups is 4. The first-order valence-corrected chi connectivity index (χ1v) is 20.2. The molecule has 0 aliphatic heterocycles. The quantitative estimate of drug-likeness (QED) is 0.0917. The van der Waals surface area contributed by atoms with Crippen LogP contribution in [0.25, 0.3) is 0 Å². The zero-order valence-corrected chi connectivity index (χ0v) is 35.5. The summed E-state index contributed by atoms with van der Waals surface area (Å²) in [6.07, 6.45) is 4.34. The van der Waals surface area contributed by atoms with Crippen molar-refractivity contribution in [1.82, 2.24) is 0 Å². The van der Waals surface area contributed by atoms with Gasteiger partial charge in [0.15, 0.2) is 0 Å². The Morgan fingerprint density at radius 1 is 0.655 bits per heavy atom. The number of carbonyl (C=O) groups excluding carboxylic acids is 2. The summed E-state index contributed by atoms with van der Waals surface area (Å²) in [7, 11) is 0. The number of benzene rings is 4. The minimum absolute atomic E-state index is 0.0255. The lowest BCUT2D eigenvalue weighted by atomic mass is 9.86. The maximum atomic E-state index is 12.6. The van der Waals surface area contributed by atoms with E-state index in [9.17, 15) is 19.2 Å². The summed E-state index contributed by atoms with van der Waals surface area (Å²) < 4.78 is 12.0. The third-order valence-electron chi connectivity index (χ3n) is 9.76. The highest BCUT2D eigenvalue weighted by atomic mass is 35.5. The van der Waals surface area contributed by atoms with E-state index >= 15 is 0 Å². The summed E-state index contributed by atoms with van der Waals surface area (Å²) in [6, 6.07) is 23.6. The Hall–Kier alpha value is -5.06. The van der Waals surface area contributed by atoms with Crippen LogP contribution in [-0.4, -0.2) is 47.2 Å². The molecule has 12 heteroatoms. The van der Waals surface area contributed by atoms with Crippen LogP contribution in [0.5, 0.6) is 11.5 Å². The number of carboxylic acids is 2. The molecule has 1 aliphatic carbocycles. The monoisotopic (exact) mass is 832 g/mol. The van der Waals surface area contributed by atoms with Gasteiger partial charge in [-0.05, 0) is 134 Å². The number of nitrogens with one attached hydrogen (secondary N) is 2. The van der Waals surface area contributed by atoms with Gasteiger partial charge in [-0.25, -0.2) is 9.59 Å². The zero-order valence-electron chi connectivity index (χ0n) is 34.0. The predicted octanol–water partition coefficient (Wildman–Crippen LogP) is 11.3. The topological polar surface area (TPSA) is 151 Å². The lowest BCUT2D eigenvalue weighted by Gasteiger charge is -2.24. The van der Waals surface area contributed by atoms with E-state index in [0.29, 0.717) is 53.4 Å². The molecule has 310 valence electrons. The second kappa shape index (κ2) is 20.6. The molecule has 0 aromatic heterocycles. The fourth-order valence-corrected chi connectivity index (χ4v) is 6.87. The van der Waals surface area contributed by atoms with Crippen LogP contribution < -0.4 is 20.1 Å². The summed E-state index contributed by atoms with van der Waals surface area (Å²) in [4.78, 5) is 46.4. The van der Waals surface area contributed by atoms with Gasteiger partial charge in [0.1, 0.15) is 11.5 Å². The van der Waals surface area contributed by atoms with Crippen LogP contribution in [-0.2, 0) is 20.4 Å². The van der Waals surface area contributed by atoms with Gasteiger partial charge in [-0.2, -0.15) is 0 Å². The van der Waals surface area contributed by atoms with Gasteiger partial charge in [0.05, 0.1) is 24.3 Å². The fraction of sp³-hybridized carbons (Fsp3) is 0.391. The van der Waals surface area contributed by atoms with Crippen LogP contribution in [0.15, 0.2) is 84.9 Å². The highest BCUT2D eigenvalue weighted by molar-refractivity contribution is 6.31. The molecule has 0 bridgehead atoms. The van der Waals surface area contributed by atoms with Gasteiger partial charge in [0.25, 0.3) is 0 Å². The Bertz CT molecular complexity index is 2040. The van der Waals surface area contributed by atoms with Gasteiger partial charge in [-0.3, -0.25) is 9.59 Å². The molecular formula is C46H54Cl2N2O8. The second-order valence-corrected chi connectivity index (χ2v) is 17.4. The first-order valence-electron chi connectivity index (χ1n) is 19.4. The van der Waals surface area contributed by atoms with Crippen molar-refractivity contribution in [2.24, 2.45) is 11.8 Å². The van der Waals surface area contributed by atoms with Crippen molar-refractivity contribution in [2.75, 3.05) is 23.8 Å². The molecule has 58 heavy (non-hydrogen) atoms. The Balaban J connectivity index is 0.000000257. The number of ether oxygens (including phenoxy) is 2. The number of amides is 2. The van der Waals surface area contributed by atoms with E-state index in [1.165, 1.54) is 24.3 Å². The number of rotatable bonds is 14. The van der Waals surface area contributed by atoms with Crippen molar-refractivity contribution in [3.8, 4) is 11.5 Å². The molecule has 1 aliphatic rings. The fourth-order valence-electron chi connectivity index (χ4n) is 6.53. The highest BCUT2D eigenvalue weighted by Crippen LogP contribution is 2.37. The van der Waals surface area contributed by atoms with Gasteiger partial charge in [0.2, 0.25) is 11.8 Å². The highest BCUT2D eigenvalue weighted by Gasteiger charge is 2.31. The van der Waals surface area contributed by atoms with Gasteiger partial charge in [-0.15, -0.1) is 0 Å². The van der Waals surface area contributed by atoms with Crippen LogP contribution in [0.1, 0.15) is 112 Å². The van der Waals surface area contributed by atoms with Crippen molar-refractivity contribution in [3.63, 3.8) is 0 Å². The number of hydrogen-bond acceptors (Lipinski definition) is 6. The van der Waals surface area contributed by atoms with Crippen molar-refractivity contribution < 1.29 is 38.9 Å².